The average Bonchev–Trinajstić information content (AvgIpc) is 2.03. The van der Waals surface area contributed by atoms with Gasteiger partial charge in [0.1, 0.15) is 6.04 Å². The monoisotopic (exact) mass is 213 g/mol. The van der Waals surface area contributed by atoms with Crippen molar-refractivity contribution in [1.82, 2.24) is 0 Å². The van der Waals surface area contributed by atoms with Crippen molar-refractivity contribution >= 4 is 31.0 Å². The number of carbonyl (C=O) groups is 1. The molecule has 0 bridgehead atoms. The lowest BCUT2D eigenvalue weighted by molar-refractivity contribution is -0.144. The number of nitrogens with two attached hydrogens (primary N) is 1. The van der Waals surface area contributed by atoms with E-state index in [0.717, 1.165) is 12.8 Å². The van der Waals surface area contributed by atoms with Gasteiger partial charge in [0, 0.05) is 5.75 Å². The first-order chi connectivity index (χ1) is 5.22. The van der Waals surface area contributed by atoms with Crippen molar-refractivity contribution in [1.29, 1.82) is 0 Å². The number of halogens is 1. The standard InChI is InChI=1S/C7H15NO2S.ClH/c1-2-3-4-10-7(9)6(8)5-11;/h6,11H,2-5,8H2,1H3;1H/t6-;/m0./s1. The molecule has 0 radical (unpaired) electrons. The Hall–Kier alpha value is 0.0700. The van der Waals surface area contributed by atoms with Crippen LogP contribution in [0.25, 0.3) is 0 Å². The van der Waals surface area contributed by atoms with E-state index in [0.29, 0.717) is 12.4 Å². The summed E-state index contributed by atoms with van der Waals surface area (Å²) in [5.74, 6) is -0.0150. The predicted molar refractivity (Wildman–Crippen MR) is 54.9 cm³/mol. The Kier molecular flexibility index (Phi) is 11.1. The van der Waals surface area contributed by atoms with E-state index >= 15 is 0 Å². The van der Waals surface area contributed by atoms with Gasteiger partial charge in [-0.05, 0) is 6.42 Å². The molecule has 0 aromatic carbocycles. The molecule has 0 aromatic heterocycles. The number of unbranched alkanes of at least 4 members (excludes halogenated alkanes) is 1. The molecule has 0 unspecified atom stereocenters. The van der Waals surface area contributed by atoms with E-state index in [1.807, 2.05) is 6.92 Å². The molecular formula is C7H16ClNO2S. The fourth-order valence-electron chi connectivity index (χ4n) is 0.499. The predicted octanol–water partition coefficient (Wildman–Crippen LogP) is 1.01. The topological polar surface area (TPSA) is 52.3 Å². The van der Waals surface area contributed by atoms with Crippen molar-refractivity contribution in [3.8, 4) is 0 Å². The van der Waals surface area contributed by atoms with Crippen LogP contribution < -0.4 is 5.73 Å². The molecule has 0 rings (SSSR count). The summed E-state index contributed by atoms with van der Waals surface area (Å²) < 4.78 is 4.82. The van der Waals surface area contributed by atoms with Gasteiger partial charge < -0.3 is 10.5 Å². The molecule has 0 fully saturated rings. The Labute approximate surface area is 84.9 Å². The van der Waals surface area contributed by atoms with Crippen LogP contribution in [0.3, 0.4) is 0 Å². The first-order valence-electron chi connectivity index (χ1n) is 3.75. The minimum absolute atomic E-state index is 0. The van der Waals surface area contributed by atoms with E-state index in [2.05, 4.69) is 12.6 Å². The van der Waals surface area contributed by atoms with Crippen LogP contribution in [-0.4, -0.2) is 24.4 Å². The molecule has 0 heterocycles. The van der Waals surface area contributed by atoms with Crippen LogP contribution in [0.15, 0.2) is 0 Å². The molecule has 0 saturated heterocycles. The third-order valence-corrected chi connectivity index (χ3v) is 1.64. The second kappa shape index (κ2) is 9.16. The maximum Gasteiger partial charge on any atom is 0.323 e. The summed E-state index contributed by atoms with van der Waals surface area (Å²) >= 11 is 3.87. The highest BCUT2D eigenvalue weighted by molar-refractivity contribution is 7.80. The Morgan fingerprint density at radius 3 is 2.67 bits per heavy atom. The minimum atomic E-state index is -0.574. The van der Waals surface area contributed by atoms with Crippen LogP contribution in [0.2, 0.25) is 0 Å². The van der Waals surface area contributed by atoms with Gasteiger partial charge in [-0.3, -0.25) is 4.79 Å². The molecule has 0 spiro atoms. The number of carbonyl (C=O) groups excluding carboxylic acids is 1. The highest BCUT2D eigenvalue weighted by Crippen LogP contribution is 1.92. The highest BCUT2D eigenvalue weighted by atomic mass is 35.5. The van der Waals surface area contributed by atoms with E-state index in [1.54, 1.807) is 0 Å². The number of ether oxygens (including phenoxy) is 1. The number of esters is 1. The molecular weight excluding hydrogens is 198 g/mol. The quantitative estimate of drug-likeness (QED) is 0.407. The Morgan fingerprint density at radius 2 is 2.25 bits per heavy atom. The first-order valence-corrected chi connectivity index (χ1v) is 4.38. The van der Waals surface area contributed by atoms with Crippen molar-refractivity contribution in [2.24, 2.45) is 5.73 Å². The zero-order valence-electron chi connectivity index (χ0n) is 7.16. The molecule has 0 saturated carbocycles. The molecule has 5 heteroatoms. The molecule has 0 aliphatic carbocycles. The second-order valence-corrected chi connectivity index (χ2v) is 2.68. The van der Waals surface area contributed by atoms with E-state index in [4.69, 9.17) is 10.5 Å². The summed E-state index contributed by atoms with van der Waals surface area (Å²) in [6, 6.07) is -0.574. The maximum absolute atomic E-state index is 10.9. The Bertz CT molecular complexity index is 124. The largest absolute Gasteiger partial charge is 0.465 e. The minimum Gasteiger partial charge on any atom is -0.465 e. The van der Waals surface area contributed by atoms with E-state index in [-0.39, 0.29) is 18.4 Å². The van der Waals surface area contributed by atoms with Crippen molar-refractivity contribution in [3.63, 3.8) is 0 Å². The lowest BCUT2D eigenvalue weighted by Gasteiger charge is -2.07. The number of hydrogen-bond acceptors (Lipinski definition) is 4. The summed E-state index contributed by atoms with van der Waals surface area (Å²) in [6.07, 6.45) is 1.91. The molecule has 3 nitrogen and oxygen atoms in total. The summed E-state index contributed by atoms with van der Waals surface area (Å²) in [7, 11) is 0. The molecule has 0 aromatic rings. The molecule has 0 aliphatic heterocycles. The van der Waals surface area contributed by atoms with Gasteiger partial charge in [0.2, 0.25) is 0 Å². The van der Waals surface area contributed by atoms with Crippen LogP contribution in [0, 0.1) is 0 Å². The second-order valence-electron chi connectivity index (χ2n) is 2.31. The van der Waals surface area contributed by atoms with Crippen LogP contribution >= 0.6 is 25.0 Å². The van der Waals surface area contributed by atoms with Gasteiger partial charge in [-0.15, -0.1) is 12.4 Å². The van der Waals surface area contributed by atoms with E-state index < -0.39 is 6.04 Å². The van der Waals surface area contributed by atoms with Crippen molar-refractivity contribution < 1.29 is 9.53 Å². The lowest BCUT2D eigenvalue weighted by atomic mass is 10.3. The molecule has 74 valence electrons. The Morgan fingerprint density at radius 1 is 1.67 bits per heavy atom. The normalized spacial score (nSPS) is 11.6. The summed E-state index contributed by atoms with van der Waals surface area (Å²) in [5.41, 5.74) is 5.35. The summed E-state index contributed by atoms with van der Waals surface area (Å²) in [4.78, 5) is 10.9. The zero-order valence-corrected chi connectivity index (χ0v) is 8.87. The van der Waals surface area contributed by atoms with Crippen LogP contribution in [-0.2, 0) is 9.53 Å². The lowest BCUT2D eigenvalue weighted by Crippen LogP contribution is -2.34. The highest BCUT2D eigenvalue weighted by Gasteiger charge is 2.11. The van der Waals surface area contributed by atoms with E-state index in [1.165, 1.54) is 0 Å². The van der Waals surface area contributed by atoms with Gasteiger partial charge in [-0.2, -0.15) is 12.6 Å². The van der Waals surface area contributed by atoms with Crippen molar-refractivity contribution in [2.45, 2.75) is 25.8 Å². The van der Waals surface area contributed by atoms with Gasteiger partial charge >= 0.3 is 5.97 Å². The van der Waals surface area contributed by atoms with Crippen LogP contribution in [0.1, 0.15) is 19.8 Å². The molecule has 1 atom stereocenters. The smallest absolute Gasteiger partial charge is 0.323 e. The van der Waals surface area contributed by atoms with Crippen molar-refractivity contribution in [3.05, 3.63) is 0 Å². The average molecular weight is 214 g/mol. The van der Waals surface area contributed by atoms with Gasteiger partial charge in [-0.1, -0.05) is 13.3 Å². The molecule has 12 heavy (non-hydrogen) atoms. The molecule has 0 amide bonds. The fourth-order valence-corrected chi connectivity index (χ4v) is 0.648. The zero-order chi connectivity index (χ0) is 8.69. The summed E-state index contributed by atoms with van der Waals surface area (Å²) in [5, 5.41) is 0. The van der Waals surface area contributed by atoms with Crippen molar-refractivity contribution in [2.75, 3.05) is 12.4 Å². The van der Waals surface area contributed by atoms with Gasteiger partial charge in [0.05, 0.1) is 6.61 Å². The third kappa shape index (κ3) is 6.76. The maximum atomic E-state index is 10.9. The van der Waals surface area contributed by atoms with Crippen LogP contribution in [0.5, 0.6) is 0 Å². The summed E-state index contributed by atoms with van der Waals surface area (Å²) in [6.45, 7) is 2.50. The first kappa shape index (κ1) is 14.6. The third-order valence-electron chi connectivity index (χ3n) is 1.24. The Balaban J connectivity index is 0. The van der Waals surface area contributed by atoms with E-state index in [9.17, 15) is 4.79 Å². The number of rotatable bonds is 5. The molecule has 2 N–H and O–H groups in total. The number of thiol groups is 1. The number of hydrogen-bond donors (Lipinski definition) is 2. The molecule has 0 aliphatic rings. The van der Waals surface area contributed by atoms with Gasteiger partial charge in [-0.25, -0.2) is 0 Å². The SMILES string of the molecule is CCCCOC(=O)[C@@H](N)CS.Cl. The van der Waals surface area contributed by atoms with Crippen LogP contribution in [0.4, 0.5) is 0 Å². The fraction of sp³-hybridized carbons (Fsp3) is 0.857. The van der Waals surface area contributed by atoms with Gasteiger partial charge in [0.15, 0.2) is 0 Å². The van der Waals surface area contributed by atoms with Gasteiger partial charge in [0.25, 0.3) is 0 Å².